The van der Waals surface area contributed by atoms with Crippen molar-refractivity contribution in [2.75, 3.05) is 6.61 Å². The molecule has 0 heterocycles. The van der Waals surface area contributed by atoms with E-state index in [0.717, 1.165) is 12.8 Å². The van der Waals surface area contributed by atoms with Crippen LogP contribution >= 0.6 is 0 Å². The topological polar surface area (TPSA) is 55.4 Å². The first-order valence-corrected chi connectivity index (χ1v) is 7.09. The van der Waals surface area contributed by atoms with Gasteiger partial charge in [-0.25, -0.2) is 8.78 Å². The molecule has 2 aliphatic carbocycles. The van der Waals surface area contributed by atoms with E-state index in [4.69, 9.17) is 0 Å². The van der Waals surface area contributed by atoms with Gasteiger partial charge in [0.25, 0.3) is 0 Å². The molecule has 0 aromatic rings. The fraction of sp³-hybridized carbons (Fsp3) is 0.714. The standard InChI is InChI=1S/C14H17F4NO3/c15-13(16)14(17,18)7-22-12(21)10-4-2-1-3-9(10)11(20)19-8-5-6-8/h1-2,8-10,13H,3-7H2,(H,19,20). The maximum absolute atomic E-state index is 12.8. The lowest BCUT2D eigenvalue weighted by Gasteiger charge is -2.26. The quantitative estimate of drug-likeness (QED) is 0.463. The number of ether oxygens (including phenoxy) is 1. The van der Waals surface area contributed by atoms with Crippen LogP contribution in [-0.2, 0) is 14.3 Å². The molecule has 124 valence electrons. The van der Waals surface area contributed by atoms with Crippen LogP contribution in [0.2, 0.25) is 0 Å². The molecule has 0 aromatic carbocycles. The summed E-state index contributed by atoms with van der Waals surface area (Å²) in [4.78, 5) is 23.9. The second kappa shape index (κ2) is 6.66. The van der Waals surface area contributed by atoms with E-state index in [2.05, 4.69) is 10.1 Å². The molecular formula is C14H17F4NO3. The third-order valence-corrected chi connectivity index (χ3v) is 3.72. The molecule has 0 aromatic heterocycles. The predicted octanol–water partition coefficient (Wildman–Crippen LogP) is 2.29. The van der Waals surface area contributed by atoms with Crippen molar-refractivity contribution < 1.29 is 31.9 Å². The summed E-state index contributed by atoms with van der Waals surface area (Å²) in [5.74, 6) is -7.38. The van der Waals surface area contributed by atoms with Gasteiger partial charge in [0, 0.05) is 6.04 Å². The molecule has 0 bridgehead atoms. The Hall–Kier alpha value is -1.60. The first-order valence-electron chi connectivity index (χ1n) is 7.09. The monoisotopic (exact) mass is 323 g/mol. The molecule has 22 heavy (non-hydrogen) atoms. The Morgan fingerprint density at radius 2 is 1.77 bits per heavy atom. The zero-order chi connectivity index (χ0) is 16.3. The van der Waals surface area contributed by atoms with Crippen molar-refractivity contribution in [1.82, 2.24) is 5.32 Å². The van der Waals surface area contributed by atoms with Gasteiger partial charge in [-0.3, -0.25) is 9.59 Å². The molecule has 0 aliphatic heterocycles. The normalized spacial score (nSPS) is 25.1. The molecule has 4 nitrogen and oxygen atoms in total. The maximum Gasteiger partial charge on any atom is 0.340 e. The van der Waals surface area contributed by atoms with E-state index in [-0.39, 0.29) is 18.4 Å². The highest BCUT2D eigenvalue weighted by Gasteiger charge is 2.44. The molecule has 1 N–H and O–H groups in total. The Morgan fingerprint density at radius 3 is 2.32 bits per heavy atom. The average Bonchev–Trinajstić information content (AvgIpc) is 3.28. The summed E-state index contributed by atoms with van der Waals surface area (Å²) >= 11 is 0. The van der Waals surface area contributed by atoms with Crippen LogP contribution < -0.4 is 5.32 Å². The van der Waals surface area contributed by atoms with Gasteiger partial charge >= 0.3 is 18.3 Å². The van der Waals surface area contributed by atoms with Gasteiger partial charge in [-0.05, 0) is 25.7 Å². The first-order chi connectivity index (χ1) is 10.3. The van der Waals surface area contributed by atoms with Gasteiger partial charge < -0.3 is 10.1 Å². The number of hydrogen-bond acceptors (Lipinski definition) is 3. The molecule has 8 heteroatoms. The summed E-state index contributed by atoms with van der Waals surface area (Å²) < 4.78 is 54.0. The highest BCUT2D eigenvalue weighted by molar-refractivity contribution is 5.86. The van der Waals surface area contributed by atoms with Crippen LogP contribution in [0.3, 0.4) is 0 Å². The number of amides is 1. The fourth-order valence-electron chi connectivity index (χ4n) is 2.24. The minimum absolute atomic E-state index is 0.109. The van der Waals surface area contributed by atoms with Gasteiger partial charge in [0.2, 0.25) is 5.91 Å². The Morgan fingerprint density at radius 1 is 1.18 bits per heavy atom. The van der Waals surface area contributed by atoms with Crippen LogP contribution in [0.5, 0.6) is 0 Å². The number of esters is 1. The second-order valence-electron chi connectivity index (χ2n) is 5.61. The van der Waals surface area contributed by atoms with Crippen molar-refractivity contribution in [3.8, 4) is 0 Å². The Balaban J connectivity index is 1.93. The predicted molar refractivity (Wildman–Crippen MR) is 68.4 cm³/mol. The SMILES string of the molecule is O=C(NC1CC1)C1CC=CCC1C(=O)OCC(F)(F)C(F)F. The third kappa shape index (κ3) is 4.20. The van der Waals surface area contributed by atoms with Crippen molar-refractivity contribution in [3.05, 3.63) is 12.2 Å². The molecule has 1 amide bonds. The van der Waals surface area contributed by atoms with Crippen LogP contribution in [0.25, 0.3) is 0 Å². The van der Waals surface area contributed by atoms with Crippen LogP contribution in [0, 0.1) is 11.8 Å². The minimum atomic E-state index is -4.38. The van der Waals surface area contributed by atoms with Crippen LogP contribution in [0.4, 0.5) is 17.6 Å². The van der Waals surface area contributed by atoms with Crippen molar-refractivity contribution in [1.29, 1.82) is 0 Å². The molecule has 0 radical (unpaired) electrons. The highest BCUT2D eigenvalue weighted by atomic mass is 19.3. The largest absolute Gasteiger partial charge is 0.459 e. The number of nitrogens with one attached hydrogen (secondary N) is 1. The van der Waals surface area contributed by atoms with Crippen molar-refractivity contribution in [3.63, 3.8) is 0 Å². The summed E-state index contributed by atoms with van der Waals surface area (Å²) in [6, 6.07) is 0.109. The van der Waals surface area contributed by atoms with Crippen LogP contribution in [-0.4, -0.2) is 36.9 Å². The Kier molecular flexibility index (Phi) is 5.08. The van der Waals surface area contributed by atoms with Crippen molar-refractivity contribution in [2.24, 2.45) is 11.8 Å². The summed E-state index contributed by atoms with van der Waals surface area (Å²) in [5.41, 5.74) is 0. The number of halogens is 4. The lowest BCUT2D eigenvalue weighted by atomic mass is 9.82. The molecule has 0 saturated heterocycles. The molecule has 2 atom stereocenters. The lowest BCUT2D eigenvalue weighted by molar-refractivity contribution is -0.184. The third-order valence-electron chi connectivity index (χ3n) is 3.72. The number of carbonyl (C=O) groups excluding carboxylic acids is 2. The van der Waals surface area contributed by atoms with E-state index >= 15 is 0 Å². The highest BCUT2D eigenvalue weighted by Crippen LogP contribution is 2.30. The maximum atomic E-state index is 12.8. The zero-order valence-electron chi connectivity index (χ0n) is 11.7. The van der Waals surface area contributed by atoms with E-state index in [1.807, 2.05) is 0 Å². The Labute approximate surface area is 124 Å². The van der Waals surface area contributed by atoms with Gasteiger partial charge in [0.05, 0.1) is 11.8 Å². The number of rotatable bonds is 6. The molecule has 1 fully saturated rings. The Bertz CT molecular complexity index is 463. The van der Waals surface area contributed by atoms with Crippen molar-refractivity contribution in [2.45, 2.75) is 44.1 Å². The van der Waals surface area contributed by atoms with E-state index < -0.39 is 36.8 Å². The second-order valence-corrected chi connectivity index (χ2v) is 5.61. The number of allylic oxidation sites excluding steroid dienone is 2. The molecule has 2 unspecified atom stereocenters. The van der Waals surface area contributed by atoms with E-state index in [1.165, 1.54) is 0 Å². The summed E-state index contributed by atoms with van der Waals surface area (Å²) in [6.45, 7) is -1.68. The minimum Gasteiger partial charge on any atom is -0.459 e. The average molecular weight is 323 g/mol. The number of hydrogen-bond donors (Lipinski definition) is 1. The molecule has 1 saturated carbocycles. The van der Waals surface area contributed by atoms with E-state index in [1.54, 1.807) is 12.2 Å². The lowest BCUT2D eigenvalue weighted by Crippen LogP contribution is -2.41. The zero-order valence-corrected chi connectivity index (χ0v) is 11.7. The van der Waals surface area contributed by atoms with Gasteiger partial charge in [0.1, 0.15) is 0 Å². The number of alkyl halides is 4. The van der Waals surface area contributed by atoms with Gasteiger partial charge in [-0.2, -0.15) is 8.78 Å². The van der Waals surface area contributed by atoms with Crippen LogP contribution in [0.1, 0.15) is 25.7 Å². The number of carbonyl (C=O) groups is 2. The van der Waals surface area contributed by atoms with E-state index in [9.17, 15) is 27.2 Å². The summed E-state index contributed by atoms with van der Waals surface area (Å²) in [6.07, 6.45) is 1.70. The summed E-state index contributed by atoms with van der Waals surface area (Å²) in [7, 11) is 0. The molecule has 0 spiro atoms. The van der Waals surface area contributed by atoms with Gasteiger partial charge in [-0.15, -0.1) is 0 Å². The van der Waals surface area contributed by atoms with Gasteiger partial charge in [-0.1, -0.05) is 12.2 Å². The molecule has 2 aliphatic rings. The van der Waals surface area contributed by atoms with Crippen molar-refractivity contribution >= 4 is 11.9 Å². The molecule has 2 rings (SSSR count). The first kappa shape index (κ1) is 16.8. The summed E-state index contributed by atoms with van der Waals surface area (Å²) in [5, 5.41) is 2.75. The van der Waals surface area contributed by atoms with E-state index in [0.29, 0.717) is 6.42 Å². The fourth-order valence-corrected chi connectivity index (χ4v) is 2.24. The molecular weight excluding hydrogens is 306 g/mol. The van der Waals surface area contributed by atoms with Crippen LogP contribution in [0.15, 0.2) is 12.2 Å². The smallest absolute Gasteiger partial charge is 0.340 e. The van der Waals surface area contributed by atoms with Gasteiger partial charge in [0.15, 0.2) is 6.61 Å².